The number of hydrogen-bond acceptors (Lipinski definition) is 2. The van der Waals surface area contributed by atoms with Gasteiger partial charge in [0.1, 0.15) is 12.1 Å². The third-order valence-electron chi connectivity index (χ3n) is 4.00. The van der Waals surface area contributed by atoms with E-state index in [1.54, 1.807) is 9.80 Å². The van der Waals surface area contributed by atoms with E-state index in [-0.39, 0.29) is 29.9 Å². The van der Waals surface area contributed by atoms with Crippen LogP contribution >= 0.6 is 0 Å². The third kappa shape index (κ3) is 1.78. The summed E-state index contributed by atoms with van der Waals surface area (Å²) in [6.07, 6.45) is 8.52. The van der Waals surface area contributed by atoms with Crippen LogP contribution in [0.1, 0.15) is 39.5 Å². The van der Waals surface area contributed by atoms with E-state index in [1.165, 1.54) is 0 Å². The number of amides is 2. The smallest absolute Gasteiger partial charge is 0.247 e. The van der Waals surface area contributed by atoms with Crippen LogP contribution in [0.15, 0.2) is 0 Å². The van der Waals surface area contributed by atoms with Gasteiger partial charge < -0.3 is 9.80 Å². The molecule has 0 radical (unpaired) electrons. The van der Waals surface area contributed by atoms with Crippen LogP contribution in [-0.4, -0.2) is 46.3 Å². The molecule has 3 unspecified atom stereocenters. The monoisotopic (exact) mass is 248 g/mol. The minimum atomic E-state index is -0.368. The van der Waals surface area contributed by atoms with Crippen molar-refractivity contribution in [1.29, 1.82) is 0 Å². The van der Waals surface area contributed by atoms with Gasteiger partial charge in [-0.25, -0.2) is 0 Å². The Labute approximate surface area is 108 Å². The first kappa shape index (κ1) is 12.9. The Morgan fingerprint density at radius 2 is 2.11 bits per heavy atom. The first-order chi connectivity index (χ1) is 8.65. The molecule has 2 rings (SSSR count). The second-order valence-electron chi connectivity index (χ2n) is 4.95. The lowest BCUT2D eigenvalue weighted by Gasteiger charge is -2.44. The van der Waals surface area contributed by atoms with Crippen molar-refractivity contribution in [3.8, 4) is 12.3 Å². The topological polar surface area (TPSA) is 40.6 Å². The molecule has 2 heterocycles. The summed E-state index contributed by atoms with van der Waals surface area (Å²) in [5.74, 6) is 2.77. The highest BCUT2D eigenvalue weighted by Crippen LogP contribution is 2.29. The molecule has 2 aliphatic heterocycles. The van der Waals surface area contributed by atoms with E-state index >= 15 is 0 Å². The molecule has 4 heteroatoms. The van der Waals surface area contributed by atoms with Gasteiger partial charge in [0.2, 0.25) is 11.8 Å². The van der Waals surface area contributed by atoms with Gasteiger partial charge in [-0.15, -0.1) is 6.42 Å². The number of rotatable bonds is 3. The maximum atomic E-state index is 12.5. The fraction of sp³-hybridized carbons (Fsp3) is 0.714. The van der Waals surface area contributed by atoms with Gasteiger partial charge in [-0.1, -0.05) is 19.8 Å². The highest BCUT2D eigenvalue weighted by atomic mass is 16.2. The van der Waals surface area contributed by atoms with Crippen molar-refractivity contribution in [2.45, 2.75) is 57.7 Å². The summed E-state index contributed by atoms with van der Waals surface area (Å²) in [6.45, 7) is 4.60. The van der Waals surface area contributed by atoms with Crippen molar-refractivity contribution in [2.75, 3.05) is 6.54 Å². The van der Waals surface area contributed by atoms with Crippen LogP contribution in [0, 0.1) is 12.3 Å². The molecule has 0 aromatic heterocycles. The Morgan fingerprint density at radius 1 is 1.39 bits per heavy atom. The minimum Gasteiger partial charge on any atom is -0.329 e. The summed E-state index contributed by atoms with van der Waals surface area (Å²) in [5.41, 5.74) is 0. The van der Waals surface area contributed by atoms with E-state index in [1.807, 2.05) is 13.8 Å². The third-order valence-corrected chi connectivity index (χ3v) is 4.00. The Morgan fingerprint density at radius 3 is 2.67 bits per heavy atom. The van der Waals surface area contributed by atoms with Crippen LogP contribution in [0.4, 0.5) is 0 Å². The zero-order valence-electron chi connectivity index (χ0n) is 11.1. The van der Waals surface area contributed by atoms with Gasteiger partial charge in [0.25, 0.3) is 0 Å². The SMILES string of the molecule is C#CC(CC)N1C(=O)C2CCCN2C(=O)C1CC. The van der Waals surface area contributed by atoms with E-state index in [9.17, 15) is 9.59 Å². The molecule has 4 nitrogen and oxygen atoms in total. The molecule has 0 spiro atoms. The van der Waals surface area contributed by atoms with Gasteiger partial charge in [0.05, 0.1) is 6.04 Å². The Balaban J connectivity index is 2.34. The average Bonchev–Trinajstić information content (AvgIpc) is 2.86. The second-order valence-corrected chi connectivity index (χ2v) is 4.95. The molecule has 2 saturated heterocycles. The molecule has 2 amide bonds. The maximum Gasteiger partial charge on any atom is 0.247 e. The number of terminal acetylenes is 1. The largest absolute Gasteiger partial charge is 0.329 e. The summed E-state index contributed by atoms with van der Waals surface area (Å²) in [7, 11) is 0. The van der Waals surface area contributed by atoms with E-state index in [2.05, 4.69) is 5.92 Å². The molecule has 0 aromatic carbocycles. The summed E-state index contributed by atoms with van der Waals surface area (Å²) in [6, 6.07) is -0.885. The van der Waals surface area contributed by atoms with Crippen molar-refractivity contribution in [2.24, 2.45) is 0 Å². The number of nitrogens with zero attached hydrogens (tertiary/aromatic N) is 2. The summed E-state index contributed by atoms with van der Waals surface area (Å²) < 4.78 is 0. The van der Waals surface area contributed by atoms with E-state index in [4.69, 9.17) is 6.42 Å². The molecular weight excluding hydrogens is 228 g/mol. The van der Waals surface area contributed by atoms with Crippen LogP contribution in [0.5, 0.6) is 0 Å². The van der Waals surface area contributed by atoms with Crippen molar-refractivity contribution in [3.05, 3.63) is 0 Å². The van der Waals surface area contributed by atoms with Crippen molar-refractivity contribution < 1.29 is 9.59 Å². The molecule has 98 valence electrons. The molecular formula is C14H20N2O2. The molecule has 0 N–H and O–H groups in total. The van der Waals surface area contributed by atoms with E-state index in [0.717, 1.165) is 12.8 Å². The predicted octanol–water partition coefficient (Wildman–Crippen LogP) is 1.01. The summed E-state index contributed by atoms with van der Waals surface area (Å²) in [5, 5.41) is 0. The summed E-state index contributed by atoms with van der Waals surface area (Å²) in [4.78, 5) is 28.3. The van der Waals surface area contributed by atoms with Crippen molar-refractivity contribution in [3.63, 3.8) is 0 Å². The van der Waals surface area contributed by atoms with Crippen molar-refractivity contribution in [1.82, 2.24) is 9.80 Å². The van der Waals surface area contributed by atoms with E-state index in [0.29, 0.717) is 19.4 Å². The molecule has 0 aromatic rings. The minimum absolute atomic E-state index is 0.0451. The molecule has 2 aliphatic rings. The lowest BCUT2D eigenvalue weighted by Crippen LogP contribution is -2.64. The standard InChI is InChI=1S/C14H20N2O2/c1-4-10(5-2)16-11(6-3)13(17)15-9-7-8-12(15)14(16)18/h1,10-12H,5-9H2,2-3H3. The molecule has 0 saturated carbocycles. The lowest BCUT2D eigenvalue weighted by molar-refractivity contribution is -0.161. The Kier molecular flexibility index (Phi) is 3.60. The molecule has 0 bridgehead atoms. The molecule has 18 heavy (non-hydrogen) atoms. The normalized spacial score (nSPS) is 29.2. The number of fused-ring (bicyclic) bond motifs is 1. The first-order valence-corrected chi connectivity index (χ1v) is 6.74. The van der Waals surface area contributed by atoms with Crippen molar-refractivity contribution >= 4 is 11.8 Å². The average molecular weight is 248 g/mol. The van der Waals surface area contributed by atoms with Crippen LogP contribution < -0.4 is 0 Å². The zero-order valence-corrected chi connectivity index (χ0v) is 11.1. The fourth-order valence-corrected chi connectivity index (χ4v) is 3.06. The lowest BCUT2D eigenvalue weighted by atomic mass is 9.99. The fourth-order valence-electron chi connectivity index (χ4n) is 3.06. The van der Waals surface area contributed by atoms with Gasteiger partial charge in [-0.3, -0.25) is 9.59 Å². The van der Waals surface area contributed by atoms with Gasteiger partial charge in [-0.2, -0.15) is 0 Å². The highest BCUT2D eigenvalue weighted by molar-refractivity contribution is 5.97. The van der Waals surface area contributed by atoms with Crippen LogP contribution in [0.25, 0.3) is 0 Å². The van der Waals surface area contributed by atoms with E-state index < -0.39 is 0 Å². The molecule has 3 atom stereocenters. The predicted molar refractivity (Wildman–Crippen MR) is 68.6 cm³/mol. The summed E-state index contributed by atoms with van der Waals surface area (Å²) >= 11 is 0. The second kappa shape index (κ2) is 5.01. The number of carbonyl (C=O) groups excluding carboxylic acids is 2. The maximum absolute atomic E-state index is 12.5. The highest BCUT2D eigenvalue weighted by Gasteiger charge is 2.48. The number of hydrogen-bond donors (Lipinski definition) is 0. The Hall–Kier alpha value is -1.50. The zero-order chi connectivity index (χ0) is 13.3. The number of carbonyl (C=O) groups is 2. The van der Waals surface area contributed by atoms with Gasteiger partial charge in [-0.05, 0) is 25.7 Å². The van der Waals surface area contributed by atoms with Gasteiger partial charge in [0.15, 0.2) is 0 Å². The van der Waals surface area contributed by atoms with Crippen LogP contribution in [-0.2, 0) is 9.59 Å². The number of piperazine rings is 1. The first-order valence-electron chi connectivity index (χ1n) is 6.74. The van der Waals surface area contributed by atoms with Crippen LogP contribution in [0.2, 0.25) is 0 Å². The van der Waals surface area contributed by atoms with Crippen LogP contribution in [0.3, 0.4) is 0 Å². The quantitative estimate of drug-likeness (QED) is 0.699. The molecule has 0 aliphatic carbocycles. The Bertz CT molecular complexity index is 399. The van der Waals surface area contributed by atoms with Gasteiger partial charge in [0, 0.05) is 6.54 Å². The molecule has 2 fully saturated rings. The van der Waals surface area contributed by atoms with Gasteiger partial charge >= 0.3 is 0 Å².